The molecule has 0 aliphatic carbocycles. The summed E-state index contributed by atoms with van der Waals surface area (Å²) < 4.78 is 0. The van der Waals surface area contributed by atoms with Gasteiger partial charge in [0.05, 0.1) is 6.54 Å². The standard InChI is InChI=1S/C3H7NO.C3H9N/c1-4-2-3-5;1-3-4-2/h3-4H,2H2,1H3;4H,3H2,1-2H3. The Labute approximate surface area is 56.8 Å². The second-order valence-electron chi connectivity index (χ2n) is 1.43. The molecule has 9 heavy (non-hydrogen) atoms. The molecule has 56 valence electrons. The van der Waals surface area contributed by atoms with Crippen LogP contribution in [0.1, 0.15) is 6.92 Å². The summed E-state index contributed by atoms with van der Waals surface area (Å²) in [7, 11) is 3.66. The lowest BCUT2D eigenvalue weighted by Crippen LogP contribution is -2.07. The maximum absolute atomic E-state index is 9.34. The summed E-state index contributed by atoms with van der Waals surface area (Å²) >= 11 is 0. The first-order valence-corrected chi connectivity index (χ1v) is 3.06. The fourth-order valence-electron chi connectivity index (χ4n) is 0.0833. The molecule has 3 nitrogen and oxygen atoms in total. The van der Waals surface area contributed by atoms with Crippen molar-refractivity contribution in [1.82, 2.24) is 10.6 Å². The number of hydrogen-bond acceptors (Lipinski definition) is 3. The number of carbonyl (C=O) groups is 1. The highest BCUT2D eigenvalue weighted by molar-refractivity contribution is 5.51. The van der Waals surface area contributed by atoms with E-state index in [1.807, 2.05) is 7.05 Å². The SMILES string of the molecule is CCNC.CNCC=O. The van der Waals surface area contributed by atoms with Crippen LogP contribution in [-0.4, -0.2) is 33.5 Å². The van der Waals surface area contributed by atoms with Gasteiger partial charge in [-0.2, -0.15) is 0 Å². The van der Waals surface area contributed by atoms with Crippen molar-refractivity contribution in [3.63, 3.8) is 0 Å². The van der Waals surface area contributed by atoms with E-state index in [0.717, 1.165) is 12.8 Å². The Balaban J connectivity index is 0. The van der Waals surface area contributed by atoms with Crippen molar-refractivity contribution in [1.29, 1.82) is 0 Å². The van der Waals surface area contributed by atoms with Crippen LogP contribution in [-0.2, 0) is 4.79 Å². The van der Waals surface area contributed by atoms with E-state index in [0.29, 0.717) is 6.54 Å². The fourth-order valence-corrected chi connectivity index (χ4v) is 0.0833. The minimum absolute atomic E-state index is 0.458. The highest BCUT2D eigenvalue weighted by atomic mass is 16.1. The van der Waals surface area contributed by atoms with Crippen molar-refractivity contribution in [3.05, 3.63) is 0 Å². The highest BCUT2D eigenvalue weighted by Gasteiger charge is 1.62. The van der Waals surface area contributed by atoms with Crippen molar-refractivity contribution in [2.24, 2.45) is 0 Å². The maximum Gasteiger partial charge on any atom is 0.133 e. The van der Waals surface area contributed by atoms with Crippen LogP contribution in [0.2, 0.25) is 0 Å². The van der Waals surface area contributed by atoms with Crippen LogP contribution in [0.4, 0.5) is 0 Å². The van der Waals surface area contributed by atoms with Gasteiger partial charge in [-0.15, -0.1) is 0 Å². The number of likely N-dealkylation sites (N-methyl/N-ethyl adjacent to an activating group) is 1. The summed E-state index contributed by atoms with van der Waals surface area (Å²) in [5.74, 6) is 0. The molecule has 0 fully saturated rings. The first-order chi connectivity index (χ1) is 4.33. The maximum atomic E-state index is 9.34. The summed E-state index contributed by atoms with van der Waals surface area (Å²) in [6, 6.07) is 0. The normalized spacial score (nSPS) is 7.44. The van der Waals surface area contributed by atoms with Gasteiger partial charge in [-0.25, -0.2) is 0 Å². The molecule has 0 rings (SSSR count). The lowest BCUT2D eigenvalue weighted by Gasteiger charge is -1.76. The topological polar surface area (TPSA) is 41.1 Å². The molecule has 3 heteroatoms. The molecule has 0 aromatic rings. The second-order valence-corrected chi connectivity index (χ2v) is 1.43. The van der Waals surface area contributed by atoms with Crippen molar-refractivity contribution >= 4 is 6.29 Å². The third-order valence-corrected chi connectivity index (χ3v) is 0.641. The molecule has 0 radical (unpaired) electrons. The summed E-state index contributed by atoms with van der Waals surface area (Å²) in [5, 5.41) is 5.58. The Kier molecular flexibility index (Phi) is 19.8. The molecule has 0 amide bonds. The molecule has 2 N–H and O–H groups in total. The molecule has 0 heterocycles. The molecule has 0 aliphatic heterocycles. The number of hydrogen-bond donors (Lipinski definition) is 2. The quantitative estimate of drug-likeness (QED) is 0.515. The van der Waals surface area contributed by atoms with Crippen LogP contribution in [0.3, 0.4) is 0 Å². The summed E-state index contributed by atoms with van der Waals surface area (Å²) in [6.07, 6.45) is 0.819. The predicted octanol–water partition coefficient (Wildman–Crippen LogP) is -0.370. The van der Waals surface area contributed by atoms with Gasteiger partial charge in [0.2, 0.25) is 0 Å². The molecule has 0 saturated heterocycles. The zero-order chi connectivity index (χ0) is 7.54. The molecule has 0 aromatic heterocycles. The number of aldehydes is 1. The van der Waals surface area contributed by atoms with Gasteiger partial charge in [0.25, 0.3) is 0 Å². The Morgan fingerprint density at radius 3 is 1.78 bits per heavy atom. The van der Waals surface area contributed by atoms with E-state index in [1.165, 1.54) is 0 Å². The first kappa shape index (κ1) is 11.4. The van der Waals surface area contributed by atoms with E-state index in [-0.39, 0.29) is 0 Å². The van der Waals surface area contributed by atoms with E-state index in [9.17, 15) is 4.79 Å². The van der Waals surface area contributed by atoms with Crippen LogP contribution in [0.15, 0.2) is 0 Å². The van der Waals surface area contributed by atoms with Gasteiger partial charge in [0.1, 0.15) is 6.29 Å². The van der Waals surface area contributed by atoms with Crippen LogP contribution < -0.4 is 10.6 Å². The predicted molar refractivity (Wildman–Crippen MR) is 39.6 cm³/mol. The molecular formula is C6H16N2O. The van der Waals surface area contributed by atoms with Crippen LogP contribution in [0, 0.1) is 0 Å². The third kappa shape index (κ3) is 35.4. The van der Waals surface area contributed by atoms with Crippen LogP contribution in [0.25, 0.3) is 0 Å². The number of rotatable bonds is 3. The molecule has 0 aromatic carbocycles. The van der Waals surface area contributed by atoms with Crippen molar-refractivity contribution < 1.29 is 4.79 Å². The Morgan fingerprint density at radius 1 is 1.33 bits per heavy atom. The third-order valence-electron chi connectivity index (χ3n) is 0.641. The zero-order valence-corrected chi connectivity index (χ0v) is 6.40. The Hall–Kier alpha value is -0.410. The molecule has 0 atom stereocenters. The highest BCUT2D eigenvalue weighted by Crippen LogP contribution is 1.34. The molecule has 0 aliphatic rings. The monoisotopic (exact) mass is 132 g/mol. The van der Waals surface area contributed by atoms with Crippen molar-refractivity contribution in [2.75, 3.05) is 27.2 Å². The molecule has 0 spiro atoms. The first-order valence-electron chi connectivity index (χ1n) is 3.06. The summed E-state index contributed by atoms with van der Waals surface area (Å²) in [6.45, 7) is 3.60. The average molecular weight is 132 g/mol. The largest absolute Gasteiger partial charge is 0.320 e. The minimum Gasteiger partial charge on any atom is -0.320 e. The van der Waals surface area contributed by atoms with Gasteiger partial charge in [-0.05, 0) is 20.6 Å². The minimum atomic E-state index is 0.458. The lowest BCUT2D eigenvalue weighted by molar-refractivity contribution is -0.107. The van der Waals surface area contributed by atoms with Gasteiger partial charge in [-0.1, -0.05) is 6.92 Å². The number of carbonyl (C=O) groups excluding carboxylic acids is 1. The number of nitrogens with one attached hydrogen (secondary N) is 2. The molecule has 0 unspecified atom stereocenters. The van der Waals surface area contributed by atoms with E-state index in [1.54, 1.807) is 7.05 Å². The molecular weight excluding hydrogens is 116 g/mol. The van der Waals surface area contributed by atoms with E-state index in [4.69, 9.17) is 0 Å². The fraction of sp³-hybridized carbons (Fsp3) is 0.833. The Bertz CT molecular complexity index is 46.3. The molecule has 0 saturated carbocycles. The van der Waals surface area contributed by atoms with Crippen molar-refractivity contribution in [2.45, 2.75) is 6.92 Å². The van der Waals surface area contributed by atoms with E-state index < -0.39 is 0 Å². The van der Waals surface area contributed by atoms with Gasteiger partial charge >= 0.3 is 0 Å². The molecule has 0 bridgehead atoms. The summed E-state index contributed by atoms with van der Waals surface area (Å²) in [5.41, 5.74) is 0. The van der Waals surface area contributed by atoms with Crippen LogP contribution >= 0.6 is 0 Å². The Morgan fingerprint density at radius 2 is 1.78 bits per heavy atom. The lowest BCUT2D eigenvalue weighted by atomic mass is 10.7. The van der Waals surface area contributed by atoms with E-state index in [2.05, 4.69) is 17.6 Å². The van der Waals surface area contributed by atoms with Gasteiger partial charge in [0, 0.05) is 0 Å². The average Bonchev–Trinajstić information content (AvgIpc) is 1.91. The summed E-state index contributed by atoms with van der Waals surface area (Å²) in [4.78, 5) is 9.34. The van der Waals surface area contributed by atoms with Gasteiger partial charge in [0.15, 0.2) is 0 Å². The zero-order valence-electron chi connectivity index (χ0n) is 6.40. The van der Waals surface area contributed by atoms with E-state index >= 15 is 0 Å². The van der Waals surface area contributed by atoms with Crippen LogP contribution in [0.5, 0.6) is 0 Å². The second kappa shape index (κ2) is 15.6. The van der Waals surface area contributed by atoms with Gasteiger partial charge in [-0.3, -0.25) is 0 Å². The smallest absolute Gasteiger partial charge is 0.133 e. The van der Waals surface area contributed by atoms with Crippen molar-refractivity contribution in [3.8, 4) is 0 Å². The van der Waals surface area contributed by atoms with Gasteiger partial charge < -0.3 is 15.4 Å².